The van der Waals surface area contributed by atoms with Crippen molar-refractivity contribution in [1.29, 1.82) is 0 Å². The fourth-order valence-corrected chi connectivity index (χ4v) is 2.53. The van der Waals surface area contributed by atoms with Crippen LogP contribution in [0.5, 0.6) is 0 Å². The van der Waals surface area contributed by atoms with Gasteiger partial charge in [0.2, 0.25) is 0 Å². The largest absolute Gasteiger partial charge is 0.450 e. The summed E-state index contributed by atoms with van der Waals surface area (Å²) in [6, 6.07) is 12.9. The van der Waals surface area contributed by atoms with Gasteiger partial charge in [-0.25, -0.2) is 10.2 Å². The molecule has 9 nitrogen and oxygen atoms in total. The predicted octanol–water partition coefficient (Wildman–Crippen LogP) is 2.71. The lowest BCUT2D eigenvalue weighted by atomic mass is 10.1. The number of hydrogen-bond donors (Lipinski definition) is 2. The molecule has 0 aliphatic rings. The number of nitrogens with zero attached hydrogens (tertiary/aromatic N) is 2. The Kier molecular flexibility index (Phi) is 7.84. The van der Waals surface area contributed by atoms with Crippen LogP contribution in [0, 0.1) is 17.0 Å². The molecule has 0 aromatic heterocycles. The van der Waals surface area contributed by atoms with Gasteiger partial charge in [0, 0.05) is 23.6 Å². The van der Waals surface area contributed by atoms with Crippen LogP contribution >= 0.6 is 0 Å². The van der Waals surface area contributed by atoms with Crippen molar-refractivity contribution in [2.45, 2.75) is 26.3 Å². The molecule has 2 amide bonds. The monoisotopic (exact) mass is 398 g/mol. The molecule has 0 radical (unpaired) electrons. The van der Waals surface area contributed by atoms with E-state index in [1.54, 1.807) is 26.0 Å². The average Bonchev–Trinajstić information content (AvgIpc) is 2.69. The van der Waals surface area contributed by atoms with Crippen molar-refractivity contribution in [3.05, 3.63) is 75.3 Å². The number of nitro groups is 1. The van der Waals surface area contributed by atoms with E-state index >= 15 is 0 Å². The second kappa shape index (κ2) is 10.5. The molecule has 2 aromatic rings. The third kappa shape index (κ3) is 6.73. The van der Waals surface area contributed by atoms with Crippen LogP contribution < -0.4 is 10.7 Å². The lowest BCUT2D eigenvalue weighted by Gasteiger charge is -2.16. The summed E-state index contributed by atoms with van der Waals surface area (Å²) in [7, 11) is 0. The summed E-state index contributed by atoms with van der Waals surface area (Å²) in [5, 5.41) is 17.4. The van der Waals surface area contributed by atoms with Gasteiger partial charge in [-0.05, 0) is 19.4 Å². The van der Waals surface area contributed by atoms with E-state index in [0.29, 0.717) is 11.1 Å². The topological polar surface area (TPSA) is 123 Å². The highest BCUT2D eigenvalue weighted by Crippen LogP contribution is 2.18. The molecule has 0 spiro atoms. The fourth-order valence-electron chi connectivity index (χ4n) is 2.53. The molecule has 0 unspecified atom stereocenters. The number of carbonyl (C=O) groups excluding carboxylic acids is 2. The summed E-state index contributed by atoms with van der Waals surface area (Å²) in [5.41, 5.74) is 4.15. The van der Waals surface area contributed by atoms with Crippen LogP contribution in [-0.4, -0.2) is 35.8 Å². The van der Waals surface area contributed by atoms with Crippen molar-refractivity contribution in [1.82, 2.24) is 10.7 Å². The number of amides is 2. The lowest BCUT2D eigenvalue weighted by molar-refractivity contribution is -0.385. The maximum Gasteiger partial charge on any atom is 0.407 e. The molecular formula is C20H22N4O5. The SMILES string of the molecule is CCOC(=O)N[C@H](Cc1ccccc1)C(=O)N/N=C\c1ccc(C)c([N+](=O)[O-])c1. The smallest absolute Gasteiger partial charge is 0.407 e. The molecule has 0 bridgehead atoms. The van der Waals surface area contributed by atoms with Crippen LogP contribution in [0.15, 0.2) is 53.6 Å². The first-order valence-electron chi connectivity index (χ1n) is 8.96. The van der Waals surface area contributed by atoms with Crippen molar-refractivity contribution in [3.8, 4) is 0 Å². The Morgan fingerprint density at radius 2 is 1.97 bits per heavy atom. The van der Waals surface area contributed by atoms with E-state index in [0.717, 1.165) is 5.56 Å². The Morgan fingerprint density at radius 3 is 2.62 bits per heavy atom. The van der Waals surface area contributed by atoms with Crippen molar-refractivity contribution >= 4 is 23.9 Å². The van der Waals surface area contributed by atoms with Gasteiger partial charge in [0.05, 0.1) is 17.7 Å². The van der Waals surface area contributed by atoms with E-state index in [4.69, 9.17) is 4.74 Å². The zero-order valence-electron chi connectivity index (χ0n) is 16.1. The average molecular weight is 398 g/mol. The van der Waals surface area contributed by atoms with Gasteiger partial charge in [0.15, 0.2) is 0 Å². The number of aryl methyl sites for hydroxylation is 1. The first kappa shape index (κ1) is 21.5. The number of carbonyl (C=O) groups is 2. The number of alkyl carbamates (subject to hydrolysis) is 1. The van der Waals surface area contributed by atoms with Crippen molar-refractivity contribution in [2.75, 3.05) is 6.61 Å². The van der Waals surface area contributed by atoms with Gasteiger partial charge >= 0.3 is 6.09 Å². The van der Waals surface area contributed by atoms with E-state index < -0.39 is 23.0 Å². The number of nitrogens with one attached hydrogen (secondary N) is 2. The molecule has 2 rings (SSSR count). The summed E-state index contributed by atoms with van der Waals surface area (Å²) < 4.78 is 4.85. The second-order valence-electron chi connectivity index (χ2n) is 6.14. The molecule has 0 aliphatic heterocycles. The number of hydrazone groups is 1. The lowest BCUT2D eigenvalue weighted by Crippen LogP contribution is -2.47. The molecule has 0 aliphatic carbocycles. The number of ether oxygens (including phenoxy) is 1. The van der Waals surface area contributed by atoms with Gasteiger partial charge in [-0.15, -0.1) is 0 Å². The van der Waals surface area contributed by atoms with Crippen molar-refractivity contribution in [2.24, 2.45) is 5.10 Å². The van der Waals surface area contributed by atoms with Crippen LogP contribution in [0.25, 0.3) is 0 Å². The highest BCUT2D eigenvalue weighted by atomic mass is 16.6. The van der Waals surface area contributed by atoms with Crippen molar-refractivity contribution in [3.63, 3.8) is 0 Å². The van der Waals surface area contributed by atoms with Gasteiger partial charge < -0.3 is 10.1 Å². The number of rotatable bonds is 8. The maximum absolute atomic E-state index is 12.5. The Hall–Kier alpha value is -3.75. The number of benzene rings is 2. The fraction of sp³-hybridized carbons (Fsp3) is 0.250. The minimum Gasteiger partial charge on any atom is -0.450 e. The number of nitro benzene ring substituents is 1. The molecule has 9 heteroatoms. The molecule has 1 atom stereocenters. The minimum atomic E-state index is -0.902. The molecule has 0 saturated carbocycles. The molecule has 2 N–H and O–H groups in total. The first-order valence-corrected chi connectivity index (χ1v) is 8.96. The summed E-state index contributed by atoms with van der Waals surface area (Å²) in [6.07, 6.45) is 0.840. The van der Waals surface area contributed by atoms with Gasteiger partial charge in [-0.2, -0.15) is 5.10 Å². The van der Waals surface area contributed by atoms with E-state index in [9.17, 15) is 19.7 Å². The minimum absolute atomic E-state index is 0.0359. The van der Waals surface area contributed by atoms with Gasteiger partial charge in [0.25, 0.3) is 11.6 Å². The molecule has 0 saturated heterocycles. The highest BCUT2D eigenvalue weighted by Gasteiger charge is 2.21. The molecule has 2 aromatic carbocycles. The molecule has 29 heavy (non-hydrogen) atoms. The van der Waals surface area contributed by atoms with Crippen LogP contribution in [-0.2, 0) is 16.0 Å². The van der Waals surface area contributed by atoms with E-state index in [2.05, 4.69) is 15.8 Å². The summed E-state index contributed by atoms with van der Waals surface area (Å²) in [4.78, 5) is 34.8. The van der Waals surface area contributed by atoms with E-state index in [1.165, 1.54) is 12.3 Å². The zero-order valence-corrected chi connectivity index (χ0v) is 16.1. The Morgan fingerprint density at radius 1 is 1.24 bits per heavy atom. The summed E-state index contributed by atoms with van der Waals surface area (Å²) in [5.74, 6) is -0.542. The third-order valence-corrected chi connectivity index (χ3v) is 3.98. The second-order valence-corrected chi connectivity index (χ2v) is 6.14. The molecular weight excluding hydrogens is 376 g/mol. The molecule has 152 valence electrons. The van der Waals surface area contributed by atoms with Crippen LogP contribution in [0.4, 0.5) is 10.5 Å². The van der Waals surface area contributed by atoms with E-state index in [-0.39, 0.29) is 18.7 Å². The van der Waals surface area contributed by atoms with Crippen molar-refractivity contribution < 1.29 is 19.2 Å². The van der Waals surface area contributed by atoms with Crippen LogP contribution in [0.3, 0.4) is 0 Å². The molecule has 0 heterocycles. The zero-order chi connectivity index (χ0) is 21.2. The number of hydrogen-bond acceptors (Lipinski definition) is 6. The van der Waals surface area contributed by atoms with Gasteiger partial charge in [-0.1, -0.05) is 42.5 Å². The standard InChI is InChI=1S/C20H22N4O5/c1-3-29-20(26)22-17(11-15-7-5-4-6-8-15)19(25)23-21-13-16-10-9-14(2)18(12-16)24(27)28/h4-10,12-13,17H,3,11H2,1-2H3,(H,22,26)(H,23,25)/b21-13-/t17-/m1/s1. The summed E-state index contributed by atoms with van der Waals surface area (Å²) in [6.45, 7) is 3.48. The quantitative estimate of drug-likeness (QED) is 0.402. The van der Waals surface area contributed by atoms with Crippen LogP contribution in [0.2, 0.25) is 0 Å². The van der Waals surface area contributed by atoms with Gasteiger partial charge in [0.1, 0.15) is 6.04 Å². The van der Waals surface area contributed by atoms with E-state index in [1.807, 2.05) is 30.3 Å². The van der Waals surface area contributed by atoms with Gasteiger partial charge in [-0.3, -0.25) is 14.9 Å². The Bertz CT molecular complexity index is 899. The maximum atomic E-state index is 12.5. The summed E-state index contributed by atoms with van der Waals surface area (Å²) >= 11 is 0. The normalized spacial score (nSPS) is 11.7. The highest BCUT2D eigenvalue weighted by molar-refractivity contribution is 5.87. The predicted molar refractivity (Wildman–Crippen MR) is 108 cm³/mol. The van der Waals surface area contributed by atoms with Crippen LogP contribution in [0.1, 0.15) is 23.6 Å². The third-order valence-electron chi connectivity index (χ3n) is 3.98. The first-order chi connectivity index (χ1) is 13.9. The molecule has 0 fully saturated rings. The Balaban J connectivity index is 2.08. The Labute approximate surface area is 167 Å².